The SMILES string of the molecule is N#C/C(=C/c1cnn(-c2ccc(Cl)cc2)c1)C(=O)NC1CCCC1. The van der Waals surface area contributed by atoms with Gasteiger partial charge in [-0.15, -0.1) is 0 Å². The number of hydrogen-bond acceptors (Lipinski definition) is 3. The molecule has 0 saturated heterocycles. The number of nitriles is 1. The van der Waals surface area contributed by atoms with Gasteiger partial charge in [-0.3, -0.25) is 4.79 Å². The minimum atomic E-state index is -0.316. The first kappa shape index (κ1) is 16.3. The van der Waals surface area contributed by atoms with E-state index in [1.54, 1.807) is 35.3 Å². The van der Waals surface area contributed by atoms with Gasteiger partial charge in [-0.1, -0.05) is 24.4 Å². The van der Waals surface area contributed by atoms with Crippen molar-refractivity contribution in [2.75, 3.05) is 0 Å². The van der Waals surface area contributed by atoms with E-state index < -0.39 is 0 Å². The minimum Gasteiger partial charge on any atom is -0.349 e. The molecular formula is C18H17ClN4O. The maximum atomic E-state index is 12.2. The van der Waals surface area contributed by atoms with E-state index in [1.807, 2.05) is 18.2 Å². The number of amides is 1. The molecule has 0 atom stereocenters. The Bertz CT molecular complexity index is 795. The molecule has 0 spiro atoms. The molecule has 0 unspecified atom stereocenters. The van der Waals surface area contributed by atoms with E-state index in [0.717, 1.165) is 31.4 Å². The van der Waals surface area contributed by atoms with Crippen LogP contribution in [0.15, 0.2) is 42.2 Å². The van der Waals surface area contributed by atoms with Crippen molar-refractivity contribution in [2.24, 2.45) is 0 Å². The zero-order valence-corrected chi connectivity index (χ0v) is 13.8. The quantitative estimate of drug-likeness (QED) is 0.684. The molecule has 1 aliphatic carbocycles. The van der Waals surface area contributed by atoms with Crippen LogP contribution in [-0.4, -0.2) is 21.7 Å². The van der Waals surface area contributed by atoms with Gasteiger partial charge in [-0.05, 0) is 43.2 Å². The van der Waals surface area contributed by atoms with Gasteiger partial charge in [-0.2, -0.15) is 10.4 Å². The summed E-state index contributed by atoms with van der Waals surface area (Å²) in [4.78, 5) is 12.2. The summed E-state index contributed by atoms with van der Waals surface area (Å²) in [5.41, 5.74) is 1.65. The Hall–Kier alpha value is -2.58. The fourth-order valence-corrected chi connectivity index (χ4v) is 2.92. The van der Waals surface area contributed by atoms with Crippen molar-refractivity contribution in [2.45, 2.75) is 31.7 Å². The minimum absolute atomic E-state index is 0.0950. The number of benzene rings is 1. The van der Waals surface area contributed by atoms with Crippen LogP contribution in [0.1, 0.15) is 31.2 Å². The van der Waals surface area contributed by atoms with E-state index in [9.17, 15) is 10.1 Å². The molecule has 1 saturated carbocycles. The molecule has 1 heterocycles. The lowest BCUT2D eigenvalue weighted by molar-refractivity contribution is -0.117. The summed E-state index contributed by atoms with van der Waals surface area (Å²) in [6.45, 7) is 0. The van der Waals surface area contributed by atoms with E-state index in [0.29, 0.717) is 10.6 Å². The zero-order valence-electron chi connectivity index (χ0n) is 13.1. The van der Waals surface area contributed by atoms with Crippen molar-refractivity contribution in [1.29, 1.82) is 5.26 Å². The Kier molecular flexibility index (Phi) is 4.97. The largest absolute Gasteiger partial charge is 0.349 e. The van der Waals surface area contributed by atoms with E-state index in [1.165, 1.54) is 0 Å². The topological polar surface area (TPSA) is 70.7 Å². The predicted molar refractivity (Wildman–Crippen MR) is 92.6 cm³/mol. The molecule has 1 amide bonds. The lowest BCUT2D eigenvalue weighted by Crippen LogP contribution is -2.33. The number of aromatic nitrogens is 2. The zero-order chi connectivity index (χ0) is 16.9. The van der Waals surface area contributed by atoms with Gasteiger partial charge >= 0.3 is 0 Å². The Morgan fingerprint density at radius 1 is 1.33 bits per heavy atom. The summed E-state index contributed by atoms with van der Waals surface area (Å²) < 4.78 is 1.67. The molecule has 6 heteroatoms. The lowest BCUT2D eigenvalue weighted by Gasteiger charge is -2.10. The maximum absolute atomic E-state index is 12.2. The average Bonchev–Trinajstić information content (AvgIpc) is 3.25. The van der Waals surface area contributed by atoms with E-state index in [-0.39, 0.29) is 17.5 Å². The van der Waals surface area contributed by atoms with E-state index in [4.69, 9.17) is 11.6 Å². The van der Waals surface area contributed by atoms with Gasteiger partial charge in [0.05, 0.1) is 11.9 Å². The van der Waals surface area contributed by atoms with E-state index in [2.05, 4.69) is 10.4 Å². The summed E-state index contributed by atoms with van der Waals surface area (Å²) >= 11 is 5.88. The Labute approximate surface area is 145 Å². The smallest absolute Gasteiger partial charge is 0.262 e. The Morgan fingerprint density at radius 2 is 2.04 bits per heavy atom. The van der Waals surface area contributed by atoms with Crippen LogP contribution in [-0.2, 0) is 4.79 Å². The molecule has 24 heavy (non-hydrogen) atoms. The van der Waals surface area contributed by atoms with Crippen molar-refractivity contribution in [3.8, 4) is 11.8 Å². The number of nitrogens with zero attached hydrogens (tertiary/aromatic N) is 3. The third kappa shape index (κ3) is 3.84. The fraction of sp³-hybridized carbons (Fsp3) is 0.278. The van der Waals surface area contributed by atoms with Crippen molar-refractivity contribution < 1.29 is 4.79 Å². The number of carbonyl (C=O) groups is 1. The van der Waals surface area contributed by atoms with Gasteiger partial charge in [-0.25, -0.2) is 4.68 Å². The molecule has 2 aromatic rings. The van der Waals surface area contributed by atoms with Gasteiger partial charge < -0.3 is 5.32 Å². The van der Waals surface area contributed by atoms with Gasteiger partial charge in [0.2, 0.25) is 0 Å². The first-order valence-electron chi connectivity index (χ1n) is 7.89. The molecule has 0 aliphatic heterocycles. The van der Waals surface area contributed by atoms with Crippen molar-refractivity contribution in [3.05, 3.63) is 52.8 Å². The van der Waals surface area contributed by atoms with Crippen LogP contribution in [0.3, 0.4) is 0 Å². The first-order valence-corrected chi connectivity index (χ1v) is 8.27. The molecule has 1 fully saturated rings. The third-order valence-electron chi connectivity index (χ3n) is 4.06. The molecule has 0 bridgehead atoms. The summed E-state index contributed by atoms with van der Waals surface area (Å²) in [7, 11) is 0. The number of carbonyl (C=O) groups excluding carboxylic acids is 1. The highest BCUT2D eigenvalue weighted by Gasteiger charge is 2.19. The molecule has 1 N–H and O–H groups in total. The van der Waals surface area contributed by atoms with E-state index >= 15 is 0 Å². The molecule has 0 radical (unpaired) electrons. The van der Waals surface area contributed by atoms with Crippen molar-refractivity contribution in [3.63, 3.8) is 0 Å². The lowest BCUT2D eigenvalue weighted by atomic mass is 10.1. The number of rotatable bonds is 4. The number of nitrogens with one attached hydrogen (secondary N) is 1. The molecule has 1 aromatic heterocycles. The number of hydrogen-bond donors (Lipinski definition) is 1. The normalized spacial score (nSPS) is 15.2. The van der Waals surface area contributed by atoms with Gasteiger partial charge in [0, 0.05) is 22.8 Å². The standard InChI is InChI=1S/C18H17ClN4O/c19-15-5-7-17(8-6-15)23-12-13(11-21-23)9-14(10-20)18(24)22-16-3-1-2-4-16/h5-9,11-12,16H,1-4H2,(H,22,24)/b14-9-. The Balaban J connectivity index is 1.75. The second-order valence-corrected chi connectivity index (χ2v) is 6.26. The molecule has 5 nitrogen and oxygen atoms in total. The summed E-state index contributed by atoms with van der Waals surface area (Å²) in [5.74, 6) is -0.316. The van der Waals surface area contributed by atoms with Crippen LogP contribution in [0, 0.1) is 11.3 Å². The second-order valence-electron chi connectivity index (χ2n) is 5.82. The maximum Gasteiger partial charge on any atom is 0.262 e. The summed E-state index contributed by atoms with van der Waals surface area (Å²) in [6, 6.07) is 9.42. The highest BCUT2D eigenvalue weighted by molar-refractivity contribution is 6.30. The number of halogens is 1. The second kappa shape index (κ2) is 7.33. The van der Waals surface area contributed by atoms with Crippen LogP contribution in [0.25, 0.3) is 11.8 Å². The average molecular weight is 341 g/mol. The predicted octanol–water partition coefficient (Wildman–Crippen LogP) is 3.49. The monoisotopic (exact) mass is 340 g/mol. The summed E-state index contributed by atoms with van der Waals surface area (Å²) in [6.07, 6.45) is 9.18. The van der Waals surface area contributed by atoms with Gasteiger partial charge in [0.15, 0.2) is 0 Å². The van der Waals surface area contributed by atoms with Crippen LogP contribution in [0.4, 0.5) is 0 Å². The van der Waals surface area contributed by atoms with Gasteiger partial charge in [0.25, 0.3) is 5.91 Å². The third-order valence-corrected chi connectivity index (χ3v) is 4.31. The Morgan fingerprint density at radius 3 is 2.71 bits per heavy atom. The highest BCUT2D eigenvalue weighted by atomic mass is 35.5. The molecule has 1 aliphatic rings. The fourth-order valence-electron chi connectivity index (χ4n) is 2.79. The molecule has 1 aromatic carbocycles. The van der Waals surface area contributed by atoms with Crippen molar-refractivity contribution in [1.82, 2.24) is 15.1 Å². The highest BCUT2D eigenvalue weighted by Crippen LogP contribution is 2.18. The van der Waals surface area contributed by atoms with Crippen LogP contribution in [0.2, 0.25) is 5.02 Å². The molecular weight excluding hydrogens is 324 g/mol. The molecule has 3 rings (SSSR count). The summed E-state index contributed by atoms with van der Waals surface area (Å²) in [5, 5.41) is 17.1. The molecule has 122 valence electrons. The first-order chi connectivity index (χ1) is 11.7. The van der Waals surface area contributed by atoms with Crippen LogP contribution >= 0.6 is 11.6 Å². The van der Waals surface area contributed by atoms with Gasteiger partial charge in [0.1, 0.15) is 11.6 Å². The van der Waals surface area contributed by atoms with Crippen LogP contribution < -0.4 is 5.32 Å². The van der Waals surface area contributed by atoms with Crippen LogP contribution in [0.5, 0.6) is 0 Å². The van der Waals surface area contributed by atoms with Crippen molar-refractivity contribution >= 4 is 23.6 Å².